The van der Waals surface area contributed by atoms with Crippen LogP contribution in [0.15, 0.2) is 200 Å². The van der Waals surface area contributed by atoms with Crippen molar-refractivity contribution in [2.24, 2.45) is 0 Å². The Morgan fingerprint density at radius 1 is 0.524 bits per heavy atom. The molecule has 11 aromatic rings. The Labute approximate surface area is 364 Å². The van der Waals surface area contributed by atoms with Gasteiger partial charge in [0.1, 0.15) is 12.1 Å². The third-order valence-electron chi connectivity index (χ3n) is 12.6. The standard InChI is InChI=1S/C58H39N5/c1-3-5-7-19-43(4-2)61(44-20-8-6-9-21-44)45-28-32-50-49(35-45)56-46-22-13-10-16-38(46)25-29-51(56)62(50)54-33-42(37-60)55(34-41(54)36-59)63-52-30-26-39-17-11-14-23-47(39)57(52)58-48-24-15-12-18-40(48)27-31-53(58)63/h4-6,8-18,20-35H,1,7,19H2,2H3/b43-4+. The van der Waals surface area contributed by atoms with Crippen LogP contribution in [0.3, 0.4) is 0 Å². The van der Waals surface area contributed by atoms with Crippen LogP contribution in [0.25, 0.3) is 87.3 Å². The number of nitrogens with zero attached hydrogens (tertiary/aromatic N) is 5. The SMILES string of the molecule is C=C=CCC/C(=C\C)N(c1ccccc1)c1ccc2c(c1)c1c3ccccc3ccc1n2-c1cc(C#N)c(-n2c3ccc4ccccc4c3c3c4ccccc4ccc32)cc1C#N. The van der Waals surface area contributed by atoms with Crippen molar-refractivity contribution in [2.75, 3.05) is 4.90 Å². The Hall–Kier alpha value is -8.60. The predicted octanol–water partition coefficient (Wildman–Crippen LogP) is 15.2. The maximum absolute atomic E-state index is 11.2. The summed E-state index contributed by atoms with van der Waals surface area (Å²) in [5.74, 6) is 0. The molecule has 11 rings (SSSR count). The van der Waals surface area contributed by atoms with E-state index >= 15 is 0 Å². The topological polar surface area (TPSA) is 60.7 Å². The van der Waals surface area contributed by atoms with Gasteiger partial charge >= 0.3 is 0 Å². The van der Waals surface area contributed by atoms with Gasteiger partial charge in [-0.1, -0.05) is 122 Å². The lowest BCUT2D eigenvalue weighted by Crippen LogP contribution is -2.16. The first-order valence-corrected chi connectivity index (χ1v) is 21.2. The Kier molecular flexibility index (Phi) is 8.99. The highest BCUT2D eigenvalue weighted by atomic mass is 15.1. The van der Waals surface area contributed by atoms with E-state index < -0.39 is 0 Å². The number of aromatic nitrogens is 2. The molecular formula is C58H39N5. The highest BCUT2D eigenvalue weighted by molar-refractivity contribution is 6.28. The van der Waals surface area contributed by atoms with E-state index in [0.29, 0.717) is 22.5 Å². The van der Waals surface area contributed by atoms with Crippen LogP contribution in [0.5, 0.6) is 0 Å². The minimum Gasteiger partial charge on any atom is -0.315 e. The summed E-state index contributed by atoms with van der Waals surface area (Å²) in [5.41, 5.74) is 12.3. The van der Waals surface area contributed by atoms with Gasteiger partial charge in [0.05, 0.1) is 44.6 Å². The second kappa shape index (κ2) is 15.1. The van der Waals surface area contributed by atoms with Gasteiger partial charge in [0.2, 0.25) is 0 Å². The molecule has 0 amide bonds. The summed E-state index contributed by atoms with van der Waals surface area (Å²) in [4.78, 5) is 2.33. The van der Waals surface area contributed by atoms with E-state index in [1.807, 2.05) is 24.3 Å². The van der Waals surface area contributed by atoms with Crippen molar-refractivity contribution in [2.45, 2.75) is 19.8 Å². The van der Waals surface area contributed by atoms with Crippen LogP contribution in [0.1, 0.15) is 30.9 Å². The number of para-hydroxylation sites is 1. The molecule has 0 aliphatic rings. The van der Waals surface area contributed by atoms with Crippen LogP contribution >= 0.6 is 0 Å². The zero-order valence-electron chi connectivity index (χ0n) is 34.7. The molecule has 5 heteroatoms. The maximum Gasteiger partial charge on any atom is 0.101 e. The second-order valence-corrected chi connectivity index (χ2v) is 15.9. The van der Waals surface area contributed by atoms with Gasteiger partial charge in [0, 0.05) is 38.6 Å². The van der Waals surface area contributed by atoms with E-state index in [1.54, 1.807) is 0 Å². The lowest BCUT2D eigenvalue weighted by molar-refractivity contribution is 0.929. The zero-order valence-corrected chi connectivity index (χ0v) is 34.7. The van der Waals surface area contributed by atoms with E-state index in [9.17, 15) is 10.5 Å². The van der Waals surface area contributed by atoms with Gasteiger partial charge in [-0.15, -0.1) is 5.73 Å². The predicted molar refractivity (Wildman–Crippen MR) is 262 cm³/mol. The molecule has 0 saturated carbocycles. The molecule has 0 aliphatic carbocycles. The number of hydrogen-bond donors (Lipinski definition) is 0. The average molecular weight is 806 g/mol. The fraction of sp³-hybridized carbons (Fsp3) is 0.0517. The largest absolute Gasteiger partial charge is 0.315 e. The van der Waals surface area contributed by atoms with Crippen LogP contribution in [0, 0.1) is 22.7 Å². The third kappa shape index (κ3) is 5.84. The Balaban J connectivity index is 1.19. The molecule has 0 atom stereocenters. The minimum atomic E-state index is 0.467. The number of anilines is 2. The van der Waals surface area contributed by atoms with Gasteiger partial charge in [0.15, 0.2) is 0 Å². The zero-order chi connectivity index (χ0) is 42.6. The van der Waals surface area contributed by atoms with Crippen LogP contribution in [0.2, 0.25) is 0 Å². The van der Waals surface area contributed by atoms with Gasteiger partial charge in [0.25, 0.3) is 0 Å². The van der Waals surface area contributed by atoms with Gasteiger partial charge in [-0.05, 0) is 119 Å². The van der Waals surface area contributed by atoms with Crippen molar-refractivity contribution in [1.29, 1.82) is 10.5 Å². The molecule has 0 saturated heterocycles. The van der Waals surface area contributed by atoms with Crippen molar-refractivity contribution >= 4 is 87.3 Å². The molecule has 0 bridgehead atoms. The van der Waals surface area contributed by atoms with E-state index in [-0.39, 0.29) is 0 Å². The number of nitriles is 2. The van der Waals surface area contributed by atoms with E-state index in [0.717, 1.165) is 106 Å². The Bertz CT molecular complexity index is 3750. The quantitative estimate of drug-likeness (QED) is 0.144. The molecule has 9 aromatic carbocycles. The molecule has 0 unspecified atom stereocenters. The monoisotopic (exact) mass is 805 g/mol. The number of rotatable bonds is 8. The highest BCUT2D eigenvalue weighted by Crippen LogP contribution is 2.44. The average Bonchev–Trinajstić information content (AvgIpc) is 3.87. The molecule has 0 spiro atoms. The number of allylic oxidation sites excluding steroid dienone is 3. The van der Waals surface area contributed by atoms with Crippen LogP contribution in [-0.4, -0.2) is 9.13 Å². The van der Waals surface area contributed by atoms with Gasteiger partial charge in [-0.25, -0.2) is 0 Å². The molecule has 63 heavy (non-hydrogen) atoms. The Morgan fingerprint density at radius 3 is 1.52 bits per heavy atom. The fourth-order valence-electron chi connectivity index (χ4n) is 9.88. The summed E-state index contributed by atoms with van der Waals surface area (Å²) in [5, 5.41) is 33.5. The van der Waals surface area contributed by atoms with E-state index in [2.05, 4.69) is 203 Å². The molecular weight excluding hydrogens is 767 g/mol. The van der Waals surface area contributed by atoms with Gasteiger partial charge < -0.3 is 14.0 Å². The summed E-state index contributed by atoms with van der Waals surface area (Å²) >= 11 is 0. The molecule has 2 aromatic heterocycles. The van der Waals surface area contributed by atoms with E-state index in [4.69, 9.17) is 0 Å². The molecule has 296 valence electrons. The summed E-state index contributed by atoms with van der Waals surface area (Å²) < 4.78 is 4.36. The van der Waals surface area contributed by atoms with Crippen LogP contribution < -0.4 is 4.90 Å². The van der Waals surface area contributed by atoms with Crippen molar-refractivity contribution in [3.05, 3.63) is 211 Å². The lowest BCUT2D eigenvalue weighted by atomic mass is 10.00. The first-order chi connectivity index (χ1) is 31.1. The number of fused-ring (bicyclic) bond motifs is 12. The first kappa shape index (κ1) is 37.4. The highest BCUT2D eigenvalue weighted by Gasteiger charge is 2.24. The summed E-state index contributed by atoms with van der Waals surface area (Å²) in [6.07, 6.45) is 5.78. The maximum atomic E-state index is 11.2. The molecule has 0 N–H and O–H groups in total. The van der Waals surface area contributed by atoms with Gasteiger partial charge in [-0.2, -0.15) is 10.5 Å². The number of hydrogen-bond acceptors (Lipinski definition) is 3. The molecule has 5 nitrogen and oxygen atoms in total. The fourth-order valence-corrected chi connectivity index (χ4v) is 9.88. The molecule has 0 fully saturated rings. The normalized spacial score (nSPS) is 11.8. The van der Waals surface area contributed by atoms with Crippen molar-refractivity contribution in [1.82, 2.24) is 9.13 Å². The van der Waals surface area contributed by atoms with Crippen molar-refractivity contribution in [3.63, 3.8) is 0 Å². The second-order valence-electron chi connectivity index (χ2n) is 15.9. The molecule has 2 heterocycles. The van der Waals surface area contributed by atoms with Crippen molar-refractivity contribution in [3.8, 4) is 23.5 Å². The summed E-state index contributed by atoms with van der Waals surface area (Å²) in [6.45, 7) is 5.88. The first-order valence-electron chi connectivity index (χ1n) is 21.2. The summed E-state index contributed by atoms with van der Waals surface area (Å²) in [6, 6.07) is 64.4. The van der Waals surface area contributed by atoms with E-state index in [1.165, 1.54) is 0 Å². The van der Waals surface area contributed by atoms with Crippen LogP contribution in [-0.2, 0) is 0 Å². The van der Waals surface area contributed by atoms with Gasteiger partial charge in [-0.3, -0.25) is 0 Å². The molecule has 0 radical (unpaired) electrons. The number of benzene rings is 9. The lowest BCUT2D eigenvalue weighted by Gasteiger charge is -2.28. The third-order valence-corrected chi connectivity index (χ3v) is 12.6. The van der Waals surface area contributed by atoms with Crippen molar-refractivity contribution < 1.29 is 0 Å². The minimum absolute atomic E-state index is 0.467. The van der Waals surface area contributed by atoms with Crippen LogP contribution in [0.4, 0.5) is 11.4 Å². The smallest absolute Gasteiger partial charge is 0.101 e. The molecule has 0 aliphatic heterocycles. The summed E-state index contributed by atoms with van der Waals surface area (Å²) in [7, 11) is 0. The Morgan fingerprint density at radius 2 is 1.00 bits per heavy atom.